The molecule has 1 amide bonds. The third-order valence-electron chi connectivity index (χ3n) is 2.51. The number of nitrogens with two attached hydrogens (primary N) is 1. The Kier molecular flexibility index (Phi) is 3.50. The molecule has 2 aromatic rings. The fourth-order valence-electron chi connectivity index (χ4n) is 1.55. The van der Waals surface area contributed by atoms with Crippen LogP contribution in [-0.2, 0) is 7.05 Å². The molecule has 0 fully saturated rings. The number of nitrogens with zero attached hydrogens (tertiary/aromatic N) is 1. The van der Waals surface area contributed by atoms with E-state index in [9.17, 15) is 4.79 Å². The van der Waals surface area contributed by atoms with Crippen molar-refractivity contribution in [3.8, 4) is 0 Å². The molecule has 2 rings (SSSR count). The zero-order chi connectivity index (χ0) is 13.3. The van der Waals surface area contributed by atoms with Gasteiger partial charge in [0.15, 0.2) is 0 Å². The van der Waals surface area contributed by atoms with Crippen LogP contribution in [0.25, 0.3) is 0 Å². The molecule has 0 aliphatic rings. The lowest BCUT2D eigenvalue weighted by Crippen LogP contribution is -2.15. The Morgan fingerprint density at radius 3 is 2.44 bits per heavy atom. The van der Waals surface area contributed by atoms with Gasteiger partial charge in [0.2, 0.25) is 0 Å². The van der Waals surface area contributed by atoms with Crippen LogP contribution in [0.5, 0.6) is 0 Å². The van der Waals surface area contributed by atoms with Gasteiger partial charge in [0.1, 0.15) is 5.69 Å². The minimum absolute atomic E-state index is 0.237. The first-order valence-electron chi connectivity index (χ1n) is 5.16. The van der Waals surface area contributed by atoms with Crippen LogP contribution < -0.4 is 11.1 Å². The van der Waals surface area contributed by atoms with Crippen LogP contribution in [0.4, 0.5) is 11.4 Å². The highest BCUT2D eigenvalue weighted by molar-refractivity contribution is 6.39. The van der Waals surface area contributed by atoms with Gasteiger partial charge in [-0.25, -0.2) is 0 Å². The van der Waals surface area contributed by atoms with Gasteiger partial charge >= 0.3 is 0 Å². The molecule has 0 atom stereocenters. The molecule has 3 N–H and O–H groups in total. The Labute approximate surface area is 114 Å². The zero-order valence-corrected chi connectivity index (χ0v) is 11.1. The van der Waals surface area contributed by atoms with Crippen LogP contribution in [0, 0.1) is 0 Å². The summed E-state index contributed by atoms with van der Waals surface area (Å²) in [6, 6.07) is 6.63. The molecule has 6 heteroatoms. The summed E-state index contributed by atoms with van der Waals surface area (Å²) in [4.78, 5) is 12.0. The summed E-state index contributed by atoms with van der Waals surface area (Å²) in [5.74, 6) is -0.237. The van der Waals surface area contributed by atoms with Crippen molar-refractivity contribution in [2.45, 2.75) is 0 Å². The van der Waals surface area contributed by atoms with Crippen molar-refractivity contribution in [2.24, 2.45) is 7.05 Å². The lowest BCUT2D eigenvalue weighted by atomic mass is 10.2. The summed E-state index contributed by atoms with van der Waals surface area (Å²) < 4.78 is 1.72. The highest BCUT2D eigenvalue weighted by Gasteiger charge is 2.11. The topological polar surface area (TPSA) is 60.0 Å². The molecule has 0 aliphatic heterocycles. The number of nitrogen functional groups attached to an aromatic ring is 1. The number of aromatic nitrogens is 1. The average Bonchev–Trinajstić information content (AvgIpc) is 2.72. The normalized spacial score (nSPS) is 10.4. The third kappa shape index (κ3) is 2.44. The van der Waals surface area contributed by atoms with Crippen LogP contribution in [-0.4, -0.2) is 10.5 Å². The minimum atomic E-state index is -0.237. The smallest absolute Gasteiger partial charge is 0.272 e. The maximum Gasteiger partial charge on any atom is 0.272 e. The molecule has 0 radical (unpaired) electrons. The SMILES string of the molecule is Cn1cccc1C(=O)Nc1cc(Cl)c(N)c(Cl)c1. The highest BCUT2D eigenvalue weighted by atomic mass is 35.5. The van der Waals surface area contributed by atoms with E-state index in [1.165, 1.54) is 0 Å². The van der Waals surface area contributed by atoms with E-state index in [2.05, 4.69) is 5.32 Å². The number of carbonyl (C=O) groups is 1. The summed E-state index contributed by atoms with van der Waals surface area (Å²) in [7, 11) is 1.79. The number of benzene rings is 1. The molecule has 1 aromatic heterocycles. The van der Waals surface area contributed by atoms with Gasteiger partial charge in [0.05, 0.1) is 15.7 Å². The second kappa shape index (κ2) is 4.92. The summed E-state index contributed by atoms with van der Waals surface area (Å²) in [5.41, 5.74) is 6.97. The monoisotopic (exact) mass is 283 g/mol. The Morgan fingerprint density at radius 1 is 1.33 bits per heavy atom. The summed E-state index contributed by atoms with van der Waals surface area (Å²) >= 11 is 11.8. The largest absolute Gasteiger partial charge is 0.396 e. The van der Waals surface area contributed by atoms with E-state index in [-0.39, 0.29) is 5.91 Å². The Bertz CT molecular complexity index is 584. The van der Waals surface area contributed by atoms with Gasteiger partial charge < -0.3 is 15.6 Å². The van der Waals surface area contributed by atoms with Crippen LogP contribution >= 0.6 is 23.2 Å². The van der Waals surface area contributed by atoms with E-state index in [1.807, 2.05) is 0 Å². The van der Waals surface area contributed by atoms with Gasteiger partial charge in [0.25, 0.3) is 5.91 Å². The van der Waals surface area contributed by atoms with Gasteiger partial charge in [-0.05, 0) is 24.3 Å². The number of halogens is 2. The first kappa shape index (κ1) is 12.8. The number of rotatable bonds is 2. The number of carbonyl (C=O) groups excluding carboxylic acids is 1. The molecule has 0 spiro atoms. The Hall–Kier alpha value is -1.65. The van der Waals surface area contributed by atoms with E-state index in [0.717, 1.165) is 0 Å². The summed E-state index contributed by atoms with van der Waals surface area (Å²) in [6.07, 6.45) is 1.79. The number of anilines is 2. The Morgan fingerprint density at radius 2 is 1.94 bits per heavy atom. The fourth-order valence-corrected chi connectivity index (χ4v) is 2.04. The molecule has 0 aliphatic carbocycles. The van der Waals surface area contributed by atoms with E-state index < -0.39 is 0 Å². The van der Waals surface area contributed by atoms with Crippen molar-refractivity contribution in [2.75, 3.05) is 11.1 Å². The van der Waals surface area contributed by atoms with Crippen LogP contribution in [0.2, 0.25) is 10.0 Å². The second-order valence-electron chi connectivity index (χ2n) is 3.81. The highest BCUT2D eigenvalue weighted by Crippen LogP contribution is 2.31. The molecule has 18 heavy (non-hydrogen) atoms. The predicted octanol–water partition coefficient (Wildman–Crippen LogP) is 3.17. The van der Waals surface area contributed by atoms with Gasteiger partial charge in [-0.15, -0.1) is 0 Å². The van der Waals surface area contributed by atoms with Crippen LogP contribution in [0.15, 0.2) is 30.5 Å². The molecule has 0 bridgehead atoms. The number of hydrogen-bond acceptors (Lipinski definition) is 2. The predicted molar refractivity (Wildman–Crippen MR) is 74.2 cm³/mol. The van der Waals surface area contributed by atoms with Crippen molar-refractivity contribution in [1.29, 1.82) is 0 Å². The van der Waals surface area contributed by atoms with E-state index in [0.29, 0.717) is 27.1 Å². The number of hydrogen-bond donors (Lipinski definition) is 2. The molecule has 0 unspecified atom stereocenters. The second-order valence-corrected chi connectivity index (χ2v) is 4.63. The number of aryl methyl sites for hydroxylation is 1. The fraction of sp³-hybridized carbons (Fsp3) is 0.0833. The lowest BCUT2D eigenvalue weighted by molar-refractivity contribution is 0.101. The van der Waals surface area contributed by atoms with Gasteiger partial charge in [-0.1, -0.05) is 23.2 Å². The van der Waals surface area contributed by atoms with Crippen molar-refractivity contribution >= 4 is 40.5 Å². The third-order valence-corrected chi connectivity index (χ3v) is 3.14. The summed E-state index contributed by atoms with van der Waals surface area (Å²) in [5, 5.41) is 3.33. The van der Waals surface area contributed by atoms with Crippen molar-refractivity contribution < 1.29 is 4.79 Å². The molecule has 1 aromatic carbocycles. The van der Waals surface area contributed by atoms with E-state index >= 15 is 0 Å². The number of amides is 1. The lowest BCUT2D eigenvalue weighted by Gasteiger charge is -2.09. The maximum atomic E-state index is 12.0. The molecule has 0 saturated heterocycles. The van der Waals surface area contributed by atoms with Gasteiger partial charge in [-0.3, -0.25) is 4.79 Å². The molecule has 94 valence electrons. The molecular weight excluding hydrogens is 273 g/mol. The van der Waals surface area contributed by atoms with Gasteiger partial charge in [-0.2, -0.15) is 0 Å². The average molecular weight is 284 g/mol. The van der Waals surface area contributed by atoms with Gasteiger partial charge in [0, 0.05) is 18.9 Å². The molecule has 0 saturated carbocycles. The van der Waals surface area contributed by atoms with Crippen molar-refractivity contribution in [1.82, 2.24) is 4.57 Å². The van der Waals surface area contributed by atoms with Crippen LogP contribution in [0.3, 0.4) is 0 Å². The van der Waals surface area contributed by atoms with Crippen molar-refractivity contribution in [3.63, 3.8) is 0 Å². The maximum absolute atomic E-state index is 12.0. The molecule has 1 heterocycles. The van der Waals surface area contributed by atoms with E-state index in [4.69, 9.17) is 28.9 Å². The molecular formula is C12H11Cl2N3O. The van der Waals surface area contributed by atoms with Crippen LogP contribution in [0.1, 0.15) is 10.5 Å². The zero-order valence-electron chi connectivity index (χ0n) is 9.58. The standard InChI is InChI=1S/C12H11Cl2N3O/c1-17-4-2-3-10(17)12(18)16-7-5-8(13)11(15)9(14)6-7/h2-6H,15H2,1H3,(H,16,18). The summed E-state index contributed by atoms with van der Waals surface area (Å²) in [6.45, 7) is 0. The number of nitrogens with one attached hydrogen (secondary N) is 1. The first-order chi connectivity index (χ1) is 8.49. The van der Waals surface area contributed by atoms with Crippen molar-refractivity contribution in [3.05, 3.63) is 46.2 Å². The molecule has 4 nitrogen and oxygen atoms in total. The first-order valence-corrected chi connectivity index (χ1v) is 5.92. The minimum Gasteiger partial charge on any atom is -0.396 e. The quantitative estimate of drug-likeness (QED) is 0.832. The van der Waals surface area contributed by atoms with E-state index in [1.54, 1.807) is 42.1 Å². The Balaban J connectivity index is 2.25.